The molecule has 2 aliphatic heterocycles. The fourth-order valence-corrected chi connectivity index (χ4v) is 4.30. The van der Waals surface area contributed by atoms with Gasteiger partial charge in [-0.25, -0.2) is 4.99 Å². The second kappa shape index (κ2) is 7.10. The van der Waals surface area contributed by atoms with Crippen LogP contribution in [0.5, 0.6) is 0 Å². The van der Waals surface area contributed by atoms with Crippen LogP contribution in [-0.4, -0.2) is 36.1 Å². The van der Waals surface area contributed by atoms with Crippen LogP contribution in [0.2, 0.25) is 10.0 Å². The van der Waals surface area contributed by atoms with E-state index in [1.807, 2.05) is 56.3 Å². The number of ether oxygens (including phenoxy) is 2. The predicted octanol–water partition coefficient (Wildman–Crippen LogP) is 5.38. The lowest BCUT2D eigenvalue weighted by molar-refractivity contribution is -0.0489. The Hall–Kier alpha value is -1.59. The number of aliphatic imine (C=N–C) groups is 1. The highest BCUT2D eigenvalue weighted by Crippen LogP contribution is 2.50. The highest BCUT2D eigenvalue weighted by molar-refractivity contribution is 6.31. The minimum absolute atomic E-state index is 0.0335. The summed E-state index contributed by atoms with van der Waals surface area (Å²) in [4.78, 5) is 7.07. The van der Waals surface area contributed by atoms with Gasteiger partial charge in [-0.1, -0.05) is 41.4 Å². The molecule has 2 aromatic carbocycles. The molecule has 0 radical (unpaired) electrons. The molecule has 27 heavy (non-hydrogen) atoms. The lowest BCUT2D eigenvalue weighted by Gasteiger charge is -2.39. The summed E-state index contributed by atoms with van der Waals surface area (Å²) in [7, 11) is 0. The molecule has 1 saturated heterocycles. The van der Waals surface area contributed by atoms with Crippen LogP contribution in [0.15, 0.2) is 47.5 Å². The van der Waals surface area contributed by atoms with Gasteiger partial charge in [-0.15, -0.1) is 0 Å². The zero-order valence-corrected chi connectivity index (χ0v) is 17.1. The molecule has 0 aliphatic carbocycles. The van der Waals surface area contributed by atoms with Gasteiger partial charge in [-0.2, -0.15) is 0 Å². The zero-order valence-electron chi connectivity index (χ0n) is 15.6. The van der Waals surface area contributed by atoms with Crippen molar-refractivity contribution >= 4 is 34.8 Å². The molecule has 142 valence electrons. The molecule has 0 amide bonds. The van der Waals surface area contributed by atoms with Crippen LogP contribution in [0.3, 0.4) is 0 Å². The maximum atomic E-state index is 6.64. The minimum Gasteiger partial charge on any atom is -0.477 e. The van der Waals surface area contributed by atoms with Gasteiger partial charge in [0.25, 0.3) is 0 Å². The highest BCUT2D eigenvalue weighted by atomic mass is 35.5. The van der Waals surface area contributed by atoms with Crippen LogP contribution in [0.4, 0.5) is 5.69 Å². The topological polar surface area (TPSA) is 34.1 Å². The molecule has 0 spiro atoms. The van der Waals surface area contributed by atoms with E-state index in [0.29, 0.717) is 29.1 Å². The molecule has 6 heteroatoms. The summed E-state index contributed by atoms with van der Waals surface area (Å²) in [6, 6.07) is 13.6. The van der Waals surface area contributed by atoms with E-state index in [0.717, 1.165) is 16.8 Å². The van der Waals surface area contributed by atoms with Crippen LogP contribution >= 0.6 is 23.2 Å². The van der Waals surface area contributed by atoms with Crippen LogP contribution in [0, 0.1) is 0 Å². The van der Waals surface area contributed by atoms with E-state index in [-0.39, 0.29) is 12.1 Å². The van der Waals surface area contributed by atoms with E-state index in [9.17, 15) is 0 Å². The number of hydrogen-bond acceptors (Lipinski definition) is 4. The molecule has 0 saturated carbocycles. The largest absolute Gasteiger partial charge is 0.477 e. The van der Waals surface area contributed by atoms with Gasteiger partial charge < -0.3 is 9.47 Å². The molecule has 2 aliphatic rings. The van der Waals surface area contributed by atoms with Crippen molar-refractivity contribution in [3.8, 4) is 0 Å². The Labute approximate surface area is 169 Å². The smallest absolute Gasteiger partial charge is 0.203 e. The maximum absolute atomic E-state index is 6.64. The van der Waals surface area contributed by atoms with Crippen LogP contribution in [-0.2, 0) is 15.2 Å². The van der Waals surface area contributed by atoms with Crippen molar-refractivity contribution in [2.75, 3.05) is 13.2 Å². The number of rotatable bonds is 2. The van der Waals surface area contributed by atoms with Gasteiger partial charge in [0.1, 0.15) is 0 Å². The summed E-state index contributed by atoms with van der Waals surface area (Å²) in [6.45, 7) is 7.24. The number of nitrogens with zero attached hydrogens (tertiary/aromatic N) is 2. The molecule has 1 fully saturated rings. The molecular weight excluding hydrogens is 383 g/mol. The summed E-state index contributed by atoms with van der Waals surface area (Å²) in [6.07, 6.45) is 0.0335. The zero-order chi connectivity index (χ0) is 19.2. The molecular formula is C21H22Cl2N2O2. The van der Waals surface area contributed by atoms with Crippen molar-refractivity contribution in [2.24, 2.45) is 4.99 Å². The van der Waals surface area contributed by atoms with Crippen molar-refractivity contribution in [1.29, 1.82) is 0 Å². The number of halogens is 2. The van der Waals surface area contributed by atoms with Crippen molar-refractivity contribution in [2.45, 2.75) is 38.6 Å². The molecule has 0 bridgehead atoms. The predicted molar refractivity (Wildman–Crippen MR) is 109 cm³/mol. The Kier molecular flexibility index (Phi) is 4.93. The standard InChI is InChI=1S/C21H22Cl2N2O2/c1-13(2)27-20-11-25-14(3)12-26-21(25,16-6-4-5-7-18(16)23)17-10-15(22)8-9-19(17)24-20/h4-10,13-14H,11-12H2,1-3H3. The Morgan fingerprint density at radius 1 is 1.19 bits per heavy atom. The fourth-order valence-electron chi connectivity index (χ4n) is 3.87. The molecule has 2 atom stereocenters. The molecule has 2 unspecified atom stereocenters. The third-order valence-corrected chi connectivity index (χ3v) is 5.52. The summed E-state index contributed by atoms with van der Waals surface area (Å²) in [5.74, 6) is 0.667. The molecule has 4 rings (SSSR count). The SMILES string of the molecule is CC(C)OC1=Nc2ccc(Cl)cc2C2(c3ccccc3Cl)OCC(C)N2C1. The summed E-state index contributed by atoms with van der Waals surface area (Å²) < 4.78 is 12.5. The van der Waals surface area contributed by atoms with E-state index in [4.69, 9.17) is 37.7 Å². The van der Waals surface area contributed by atoms with Gasteiger partial charge in [0.05, 0.1) is 24.9 Å². The molecule has 0 N–H and O–H groups in total. The first kappa shape index (κ1) is 18.8. The van der Waals surface area contributed by atoms with Gasteiger partial charge in [-0.3, -0.25) is 4.90 Å². The number of fused-ring (bicyclic) bond motifs is 3. The highest BCUT2D eigenvalue weighted by Gasteiger charge is 2.52. The molecule has 0 aromatic heterocycles. The summed E-state index contributed by atoms with van der Waals surface area (Å²) in [5.41, 5.74) is 1.70. The first-order valence-electron chi connectivity index (χ1n) is 9.12. The van der Waals surface area contributed by atoms with E-state index < -0.39 is 5.72 Å². The quantitative estimate of drug-likeness (QED) is 0.673. The second-order valence-corrected chi connectivity index (χ2v) is 8.09. The minimum atomic E-state index is -0.858. The lowest BCUT2D eigenvalue weighted by Crippen LogP contribution is -2.48. The third-order valence-electron chi connectivity index (χ3n) is 4.96. The average Bonchev–Trinajstić information content (AvgIpc) is 2.86. The first-order valence-corrected chi connectivity index (χ1v) is 9.87. The van der Waals surface area contributed by atoms with Crippen molar-refractivity contribution in [3.05, 3.63) is 63.6 Å². The number of hydrogen-bond donors (Lipinski definition) is 0. The van der Waals surface area contributed by atoms with Crippen molar-refractivity contribution in [1.82, 2.24) is 4.90 Å². The van der Waals surface area contributed by atoms with Gasteiger partial charge in [0, 0.05) is 27.2 Å². The van der Waals surface area contributed by atoms with E-state index in [1.165, 1.54) is 0 Å². The summed E-state index contributed by atoms with van der Waals surface area (Å²) >= 11 is 13.0. The fraction of sp³-hybridized carbons (Fsp3) is 0.381. The average molecular weight is 405 g/mol. The molecule has 2 aromatic rings. The second-order valence-electron chi connectivity index (χ2n) is 7.25. The Bertz CT molecular complexity index is 900. The third kappa shape index (κ3) is 3.15. The van der Waals surface area contributed by atoms with Crippen molar-refractivity contribution < 1.29 is 9.47 Å². The molecule has 2 heterocycles. The summed E-state index contributed by atoms with van der Waals surface area (Å²) in [5, 5.41) is 1.28. The van der Waals surface area contributed by atoms with Crippen LogP contribution in [0.1, 0.15) is 31.9 Å². The van der Waals surface area contributed by atoms with Gasteiger partial charge in [0.15, 0.2) is 5.72 Å². The van der Waals surface area contributed by atoms with Crippen LogP contribution < -0.4 is 0 Å². The van der Waals surface area contributed by atoms with Gasteiger partial charge in [-0.05, 0) is 45.0 Å². The lowest BCUT2D eigenvalue weighted by atomic mass is 9.91. The monoisotopic (exact) mass is 404 g/mol. The number of benzene rings is 2. The van der Waals surface area contributed by atoms with E-state index >= 15 is 0 Å². The van der Waals surface area contributed by atoms with E-state index in [2.05, 4.69) is 11.8 Å². The normalized spacial score (nSPS) is 25.0. The Balaban J connectivity index is 1.99. The Morgan fingerprint density at radius 2 is 1.96 bits per heavy atom. The van der Waals surface area contributed by atoms with E-state index in [1.54, 1.807) is 0 Å². The van der Waals surface area contributed by atoms with Gasteiger partial charge >= 0.3 is 0 Å². The maximum Gasteiger partial charge on any atom is 0.203 e. The van der Waals surface area contributed by atoms with Crippen molar-refractivity contribution in [3.63, 3.8) is 0 Å². The Morgan fingerprint density at radius 3 is 2.70 bits per heavy atom. The van der Waals surface area contributed by atoms with Crippen LogP contribution in [0.25, 0.3) is 0 Å². The first-order chi connectivity index (χ1) is 12.9. The molecule has 4 nitrogen and oxygen atoms in total. The van der Waals surface area contributed by atoms with Gasteiger partial charge in [0.2, 0.25) is 5.90 Å².